The van der Waals surface area contributed by atoms with Gasteiger partial charge in [-0.2, -0.15) is 0 Å². The van der Waals surface area contributed by atoms with E-state index in [4.69, 9.17) is 21.5 Å². The molecule has 126 valence electrons. The summed E-state index contributed by atoms with van der Waals surface area (Å²) in [5.74, 6) is 0. The molecular weight excluding hydrogens is 326 g/mol. The van der Waals surface area contributed by atoms with E-state index < -0.39 is 0 Å². The lowest BCUT2D eigenvalue weighted by molar-refractivity contribution is -0.0448. The van der Waals surface area contributed by atoms with Gasteiger partial charge in [-0.15, -0.1) is 0 Å². The van der Waals surface area contributed by atoms with E-state index in [0.29, 0.717) is 25.9 Å². The highest BCUT2D eigenvalue weighted by atomic mass is 35.5. The first-order chi connectivity index (χ1) is 11.7. The van der Waals surface area contributed by atoms with E-state index in [0.717, 1.165) is 27.3 Å². The number of rotatable bonds is 4. The van der Waals surface area contributed by atoms with E-state index in [1.807, 2.05) is 36.4 Å². The van der Waals surface area contributed by atoms with Crippen LogP contribution in [-0.2, 0) is 11.2 Å². The Balaban J connectivity index is 1.78. The van der Waals surface area contributed by atoms with E-state index in [9.17, 15) is 5.11 Å². The third-order valence-corrected chi connectivity index (χ3v) is 4.65. The summed E-state index contributed by atoms with van der Waals surface area (Å²) in [6.45, 7) is 0.581. The lowest BCUT2D eigenvalue weighted by Crippen LogP contribution is -2.23. The second kappa shape index (κ2) is 7.79. The van der Waals surface area contributed by atoms with Crippen LogP contribution in [0.5, 0.6) is 0 Å². The van der Waals surface area contributed by atoms with Crippen LogP contribution in [0, 0.1) is 0 Å². The molecule has 0 aromatic heterocycles. The summed E-state index contributed by atoms with van der Waals surface area (Å²) in [6, 6.07) is 13.7. The molecule has 0 radical (unpaired) electrons. The molecule has 0 bridgehead atoms. The van der Waals surface area contributed by atoms with Crippen LogP contribution < -0.4 is 0 Å². The first-order valence-electron chi connectivity index (χ1n) is 8.00. The van der Waals surface area contributed by atoms with Crippen molar-refractivity contribution in [1.29, 1.82) is 0 Å². The minimum absolute atomic E-state index is 0.0760. The van der Waals surface area contributed by atoms with Crippen molar-refractivity contribution in [1.82, 2.24) is 0 Å². The SMILES string of the molecule is O/N=C/c1ccc(Cc2cc(C3CC(O)CCO3)ccc2Cl)cc1. The molecule has 1 aliphatic rings. The van der Waals surface area contributed by atoms with E-state index >= 15 is 0 Å². The molecule has 0 aliphatic carbocycles. The second-order valence-electron chi connectivity index (χ2n) is 6.05. The van der Waals surface area contributed by atoms with E-state index in [1.165, 1.54) is 6.21 Å². The van der Waals surface area contributed by atoms with Gasteiger partial charge in [0.05, 0.1) is 18.4 Å². The standard InChI is InChI=1S/C19H20ClNO3/c20-18-6-5-15(19-11-17(22)7-8-24-19)10-16(18)9-13-1-3-14(4-2-13)12-21-23/h1-6,10,12,17,19,22-23H,7-9,11H2/b21-12+. The fourth-order valence-electron chi connectivity index (χ4n) is 2.95. The first-order valence-corrected chi connectivity index (χ1v) is 8.38. The minimum Gasteiger partial charge on any atom is -0.411 e. The van der Waals surface area contributed by atoms with Gasteiger partial charge in [-0.05, 0) is 41.2 Å². The van der Waals surface area contributed by atoms with Gasteiger partial charge in [0.1, 0.15) is 0 Å². The number of halogens is 1. The van der Waals surface area contributed by atoms with Gasteiger partial charge in [0, 0.05) is 18.1 Å². The molecule has 3 rings (SSSR count). The number of aliphatic hydroxyl groups excluding tert-OH is 1. The van der Waals surface area contributed by atoms with Gasteiger partial charge in [-0.1, -0.05) is 53.2 Å². The molecule has 2 unspecified atom stereocenters. The van der Waals surface area contributed by atoms with Crippen molar-refractivity contribution in [2.45, 2.75) is 31.5 Å². The average molecular weight is 346 g/mol. The summed E-state index contributed by atoms with van der Waals surface area (Å²) in [5, 5.41) is 22.1. The Labute approximate surface area is 146 Å². The van der Waals surface area contributed by atoms with Crippen molar-refractivity contribution in [2.24, 2.45) is 5.16 Å². The van der Waals surface area contributed by atoms with Crippen molar-refractivity contribution in [3.8, 4) is 0 Å². The number of aliphatic hydroxyl groups is 1. The molecular formula is C19H20ClNO3. The maximum absolute atomic E-state index is 9.84. The third kappa shape index (κ3) is 4.15. The van der Waals surface area contributed by atoms with Crippen LogP contribution in [0.3, 0.4) is 0 Å². The van der Waals surface area contributed by atoms with E-state index in [-0.39, 0.29) is 12.2 Å². The Hall–Kier alpha value is -1.88. The normalized spacial score (nSPS) is 21.2. The zero-order valence-electron chi connectivity index (χ0n) is 13.2. The summed E-state index contributed by atoms with van der Waals surface area (Å²) < 4.78 is 5.78. The number of oxime groups is 1. The zero-order chi connectivity index (χ0) is 16.9. The highest BCUT2D eigenvalue weighted by Gasteiger charge is 2.22. The van der Waals surface area contributed by atoms with Gasteiger partial charge >= 0.3 is 0 Å². The Bertz CT molecular complexity index is 715. The number of hydrogen-bond donors (Lipinski definition) is 2. The maximum atomic E-state index is 9.84. The van der Waals surface area contributed by atoms with E-state index in [2.05, 4.69) is 11.2 Å². The van der Waals surface area contributed by atoms with Crippen molar-refractivity contribution in [3.63, 3.8) is 0 Å². The predicted octanol–water partition coefficient (Wildman–Crippen LogP) is 3.95. The van der Waals surface area contributed by atoms with Gasteiger partial charge in [-0.3, -0.25) is 0 Å². The molecule has 2 atom stereocenters. The Kier molecular flexibility index (Phi) is 5.51. The van der Waals surface area contributed by atoms with Gasteiger partial charge in [0.15, 0.2) is 0 Å². The Morgan fingerprint density at radius 3 is 2.71 bits per heavy atom. The number of nitrogens with zero attached hydrogens (tertiary/aromatic N) is 1. The lowest BCUT2D eigenvalue weighted by atomic mass is 9.96. The Morgan fingerprint density at radius 1 is 1.21 bits per heavy atom. The zero-order valence-corrected chi connectivity index (χ0v) is 14.0. The largest absolute Gasteiger partial charge is 0.411 e. The highest BCUT2D eigenvalue weighted by Crippen LogP contribution is 2.31. The first kappa shape index (κ1) is 17.0. The molecule has 1 aliphatic heterocycles. The summed E-state index contributed by atoms with van der Waals surface area (Å²) in [4.78, 5) is 0. The van der Waals surface area contributed by atoms with Crippen molar-refractivity contribution in [3.05, 3.63) is 69.7 Å². The monoisotopic (exact) mass is 345 g/mol. The van der Waals surface area contributed by atoms with Crippen molar-refractivity contribution in [2.75, 3.05) is 6.61 Å². The topological polar surface area (TPSA) is 62.1 Å². The molecule has 4 nitrogen and oxygen atoms in total. The maximum Gasteiger partial charge on any atom is 0.0849 e. The van der Waals surface area contributed by atoms with Crippen LogP contribution in [0.4, 0.5) is 0 Å². The molecule has 1 fully saturated rings. The smallest absolute Gasteiger partial charge is 0.0849 e. The van der Waals surface area contributed by atoms with Gasteiger partial charge in [0.25, 0.3) is 0 Å². The molecule has 0 amide bonds. The van der Waals surface area contributed by atoms with Crippen LogP contribution >= 0.6 is 11.6 Å². The predicted molar refractivity (Wildman–Crippen MR) is 94.0 cm³/mol. The fraction of sp³-hybridized carbons (Fsp3) is 0.316. The van der Waals surface area contributed by atoms with Crippen LogP contribution in [0.25, 0.3) is 0 Å². The van der Waals surface area contributed by atoms with Crippen LogP contribution in [-0.4, -0.2) is 29.2 Å². The quantitative estimate of drug-likeness (QED) is 0.501. The highest BCUT2D eigenvalue weighted by molar-refractivity contribution is 6.31. The van der Waals surface area contributed by atoms with Crippen molar-refractivity contribution < 1.29 is 15.1 Å². The number of hydrogen-bond acceptors (Lipinski definition) is 4. The molecule has 24 heavy (non-hydrogen) atoms. The molecule has 1 heterocycles. The average Bonchev–Trinajstić information content (AvgIpc) is 2.59. The fourth-order valence-corrected chi connectivity index (χ4v) is 3.13. The minimum atomic E-state index is -0.302. The number of ether oxygens (including phenoxy) is 1. The van der Waals surface area contributed by atoms with Crippen LogP contribution in [0.1, 0.15) is 41.2 Å². The van der Waals surface area contributed by atoms with Crippen LogP contribution in [0.2, 0.25) is 5.02 Å². The summed E-state index contributed by atoms with van der Waals surface area (Å²) in [6.07, 6.45) is 3.04. The Morgan fingerprint density at radius 2 is 2.00 bits per heavy atom. The molecule has 2 N–H and O–H groups in total. The van der Waals surface area contributed by atoms with Crippen LogP contribution in [0.15, 0.2) is 47.6 Å². The molecule has 0 spiro atoms. The molecule has 1 saturated heterocycles. The third-order valence-electron chi connectivity index (χ3n) is 4.28. The summed E-state index contributed by atoms with van der Waals surface area (Å²) >= 11 is 6.35. The van der Waals surface area contributed by atoms with Crippen molar-refractivity contribution >= 4 is 17.8 Å². The lowest BCUT2D eigenvalue weighted by Gasteiger charge is -2.27. The molecule has 0 saturated carbocycles. The van der Waals surface area contributed by atoms with E-state index in [1.54, 1.807) is 0 Å². The van der Waals surface area contributed by atoms with Gasteiger partial charge in [-0.25, -0.2) is 0 Å². The summed E-state index contributed by atoms with van der Waals surface area (Å²) in [7, 11) is 0. The molecule has 2 aromatic carbocycles. The summed E-state index contributed by atoms with van der Waals surface area (Å²) in [5.41, 5.74) is 4.04. The molecule has 5 heteroatoms. The second-order valence-corrected chi connectivity index (χ2v) is 6.46. The number of benzene rings is 2. The van der Waals surface area contributed by atoms with Gasteiger partial charge < -0.3 is 15.1 Å². The van der Waals surface area contributed by atoms with Gasteiger partial charge in [0.2, 0.25) is 0 Å². The molecule has 2 aromatic rings.